The summed E-state index contributed by atoms with van der Waals surface area (Å²) < 4.78 is 6.46. The average molecular weight is 335 g/mol. The molecule has 20 heavy (non-hydrogen) atoms. The molecule has 0 heterocycles. The fourth-order valence-electron chi connectivity index (χ4n) is 2.23. The molecule has 0 amide bonds. The third kappa shape index (κ3) is 2.97. The van der Waals surface area contributed by atoms with E-state index < -0.39 is 0 Å². The van der Waals surface area contributed by atoms with E-state index in [1.165, 1.54) is 0 Å². The molecule has 1 unspecified atom stereocenters. The summed E-state index contributed by atoms with van der Waals surface area (Å²) in [4.78, 5) is 2.10. The van der Waals surface area contributed by atoms with Gasteiger partial charge in [0.05, 0.1) is 12.8 Å². The first-order chi connectivity index (χ1) is 9.54. The molecular weight excluding hydrogens is 316 g/mol. The van der Waals surface area contributed by atoms with Gasteiger partial charge in [-0.25, -0.2) is 0 Å². The van der Waals surface area contributed by atoms with Gasteiger partial charge in [0.2, 0.25) is 0 Å². The molecule has 1 atom stereocenters. The molecule has 3 nitrogen and oxygen atoms in total. The predicted molar refractivity (Wildman–Crippen MR) is 87.8 cm³/mol. The van der Waals surface area contributed by atoms with E-state index in [1.54, 1.807) is 7.11 Å². The monoisotopic (exact) mass is 334 g/mol. The van der Waals surface area contributed by atoms with E-state index in [0.29, 0.717) is 0 Å². The third-order valence-electron chi connectivity index (χ3n) is 3.29. The van der Waals surface area contributed by atoms with Gasteiger partial charge in [0, 0.05) is 23.2 Å². The molecule has 0 aliphatic carbocycles. The lowest BCUT2D eigenvalue weighted by Gasteiger charge is -2.26. The van der Waals surface area contributed by atoms with Gasteiger partial charge in [-0.2, -0.15) is 0 Å². The fraction of sp³-hybridized carbons (Fsp3) is 0.250. The smallest absolute Gasteiger partial charge is 0.142 e. The summed E-state index contributed by atoms with van der Waals surface area (Å²) in [6.07, 6.45) is 0. The number of nitrogens with zero attached hydrogens (tertiary/aromatic N) is 1. The van der Waals surface area contributed by atoms with Crippen LogP contribution in [0.3, 0.4) is 0 Å². The topological polar surface area (TPSA) is 38.5 Å². The Morgan fingerprint density at radius 2 is 1.85 bits per heavy atom. The SMILES string of the molecule is COc1ccccc1N(C)c1cc(Br)ccc1C(C)N. The summed E-state index contributed by atoms with van der Waals surface area (Å²) in [5.41, 5.74) is 9.25. The zero-order valence-corrected chi connectivity index (χ0v) is 13.5. The molecule has 0 aliphatic rings. The van der Waals surface area contributed by atoms with Crippen molar-refractivity contribution in [1.82, 2.24) is 0 Å². The molecule has 0 fully saturated rings. The first kappa shape index (κ1) is 14.9. The Bertz CT molecular complexity index is 599. The van der Waals surface area contributed by atoms with E-state index in [1.807, 2.05) is 44.3 Å². The quantitative estimate of drug-likeness (QED) is 0.908. The standard InChI is InChI=1S/C16H19BrN2O/c1-11(18)13-9-8-12(17)10-15(13)19(2)14-6-4-5-7-16(14)20-3/h4-11H,18H2,1-3H3. The van der Waals surface area contributed by atoms with Gasteiger partial charge in [-0.3, -0.25) is 0 Å². The van der Waals surface area contributed by atoms with Crippen LogP contribution in [0.5, 0.6) is 5.75 Å². The molecule has 2 rings (SSSR count). The lowest BCUT2D eigenvalue weighted by atomic mass is 10.1. The van der Waals surface area contributed by atoms with Crippen LogP contribution >= 0.6 is 15.9 Å². The molecule has 4 heteroatoms. The molecule has 2 aromatic rings. The number of methoxy groups -OCH3 is 1. The minimum Gasteiger partial charge on any atom is -0.495 e. The van der Waals surface area contributed by atoms with Crippen LogP contribution in [0.4, 0.5) is 11.4 Å². The summed E-state index contributed by atoms with van der Waals surface area (Å²) in [5.74, 6) is 0.839. The van der Waals surface area contributed by atoms with E-state index >= 15 is 0 Å². The summed E-state index contributed by atoms with van der Waals surface area (Å²) in [6.45, 7) is 1.99. The molecule has 0 saturated heterocycles. The van der Waals surface area contributed by atoms with Gasteiger partial charge in [0.1, 0.15) is 5.75 Å². The molecule has 2 aromatic carbocycles. The van der Waals surface area contributed by atoms with Gasteiger partial charge in [0.15, 0.2) is 0 Å². The first-order valence-corrected chi connectivity index (χ1v) is 7.25. The van der Waals surface area contributed by atoms with Crippen LogP contribution in [-0.2, 0) is 0 Å². The Morgan fingerprint density at radius 1 is 1.15 bits per heavy atom. The van der Waals surface area contributed by atoms with E-state index in [2.05, 4.69) is 33.0 Å². The van der Waals surface area contributed by atoms with Gasteiger partial charge < -0.3 is 15.4 Å². The molecule has 2 N–H and O–H groups in total. The van der Waals surface area contributed by atoms with E-state index in [9.17, 15) is 0 Å². The summed E-state index contributed by atoms with van der Waals surface area (Å²) in [7, 11) is 3.70. The second kappa shape index (κ2) is 6.29. The number of para-hydroxylation sites is 2. The van der Waals surface area contributed by atoms with Crippen molar-refractivity contribution >= 4 is 27.3 Å². The number of rotatable bonds is 4. The highest BCUT2D eigenvalue weighted by molar-refractivity contribution is 9.10. The van der Waals surface area contributed by atoms with E-state index in [-0.39, 0.29) is 6.04 Å². The Hall–Kier alpha value is -1.52. The molecule has 106 valence electrons. The molecule has 0 bridgehead atoms. The van der Waals surface area contributed by atoms with Crippen molar-refractivity contribution in [3.05, 3.63) is 52.5 Å². The molecule has 0 aliphatic heterocycles. The number of halogens is 1. The van der Waals surface area contributed by atoms with Crippen LogP contribution in [0, 0.1) is 0 Å². The zero-order chi connectivity index (χ0) is 14.7. The van der Waals surface area contributed by atoms with Crippen molar-refractivity contribution in [3.63, 3.8) is 0 Å². The van der Waals surface area contributed by atoms with Crippen LogP contribution in [0.25, 0.3) is 0 Å². The minimum atomic E-state index is -0.0322. The van der Waals surface area contributed by atoms with Crippen molar-refractivity contribution in [2.75, 3.05) is 19.1 Å². The summed E-state index contributed by atoms with van der Waals surface area (Å²) >= 11 is 3.52. The maximum absolute atomic E-state index is 6.08. The van der Waals surface area contributed by atoms with Gasteiger partial charge in [-0.05, 0) is 36.8 Å². The van der Waals surface area contributed by atoms with Gasteiger partial charge >= 0.3 is 0 Å². The van der Waals surface area contributed by atoms with Crippen molar-refractivity contribution in [2.24, 2.45) is 5.73 Å². The van der Waals surface area contributed by atoms with E-state index in [4.69, 9.17) is 10.5 Å². The van der Waals surface area contributed by atoms with Crippen molar-refractivity contribution < 1.29 is 4.74 Å². The Kier molecular flexibility index (Phi) is 4.68. The highest BCUT2D eigenvalue weighted by atomic mass is 79.9. The van der Waals surface area contributed by atoms with Crippen LogP contribution in [0.1, 0.15) is 18.5 Å². The number of ether oxygens (including phenoxy) is 1. The lowest BCUT2D eigenvalue weighted by molar-refractivity contribution is 0.415. The van der Waals surface area contributed by atoms with Gasteiger partial charge in [0.25, 0.3) is 0 Å². The zero-order valence-electron chi connectivity index (χ0n) is 11.9. The van der Waals surface area contributed by atoms with Crippen LogP contribution in [0.15, 0.2) is 46.9 Å². The number of anilines is 2. The Balaban J connectivity index is 2.52. The van der Waals surface area contributed by atoms with Crippen LogP contribution in [0.2, 0.25) is 0 Å². The third-order valence-corrected chi connectivity index (χ3v) is 3.78. The molecule has 0 saturated carbocycles. The van der Waals surface area contributed by atoms with Gasteiger partial charge in [-0.1, -0.05) is 34.1 Å². The normalized spacial score (nSPS) is 12.1. The maximum atomic E-state index is 6.08. The molecule has 0 aromatic heterocycles. The summed E-state index contributed by atoms with van der Waals surface area (Å²) in [6, 6.07) is 14.1. The largest absolute Gasteiger partial charge is 0.495 e. The molecule has 0 spiro atoms. The highest BCUT2D eigenvalue weighted by Gasteiger charge is 2.15. The summed E-state index contributed by atoms with van der Waals surface area (Å²) in [5, 5.41) is 0. The van der Waals surface area contributed by atoms with Crippen molar-refractivity contribution in [3.8, 4) is 5.75 Å². The Morgan fingerprint density at radius 3 is 2.50 bits per heavy atom. The maximum Gasteiger partial charge on any atom is 0.142 e. The minimum absolute atomic E-state index is 0.0322. The number of hydrogen-bond donors (Lipinski definition) is 1. The van der Waals surface area contributed by atoms with Crippen LogP contribution in [-0.4, -0.2) is 14.2 Å². The fourth-order valence-corrected chi connectivity index (χ4v) is 2.58. The lowest BCUT2D eigenvalue weighted by Crippen LogP contribution is -2.16. The van der Waals surface area contributed by atoms with Crippen molar-refractivity contribution in [2.45, 2.75) is 13.0 Å². The average Bonchev–Trinajstić information content (AvgIpc) is 2.46. The number of benzene rings is 2. The Labute approximate surface area is 128 Å². The van der Waals surface area contributed by atoms with Crippen molar-refractivity contribution in [1.29, 1.82) is 0 Å². The second-order valence-corrected chi connectivity index (χ2v) is 5.64. The molecule has 0 radical (unpaired) electrons. The second-order valence-electron chi connectivity index (χ2n) is 4.72. The predicted octanol–water partition coefficient (Wildman–Crippen LogP) is 4.25. The first-order valence-electron chi connectivity index (χ1n) is 6.46. The van der Waals surface area contributed by atoms with E-state index in [0.717, 1.165) is 27.2 Å². The molecular formula is C16H19BrN2O. The van der Waals surface area contributed by atoms with Gasteiger partial charge in [-0.15, -0.1) is 0 Å². The highest BCUT2D eigenvalue weighted by Crippen LogP contribution is 2.36. The number of nitrogens with two attached hydrogens (primary N) is 1. The van der Waals surface area contributed by atoms with Crippen LogP contribution < -0.4 is 15.4 Å². The number of hydrogen-bond acceptors (Lipinski definition) is 3.